The van der Waals surface area contributed by atoms with Crippen molar-refractivity contribution in [2.24, 2.45) is 0 Å². The summed E-state index contributed by atoms with van der Waals surface area (Å²) < 4.78 is 12.6. The van der Waals surface area contributed by atoms with E-state index in [1.54, 1.807) is 17.8 Å². The Labute approximate surface area is 177 Å². The van der Waals surface area contributed by atoms with E-state index in [4.69, 9.17) is 14.5 Å². The highest BCUT2D eigenvalue weighted by molar-refractivity contribution is 8.32. The molecule has 0 radical (unpaired) electrons. The first-order chi connectivity index (χ1) is 13.9. The lowest BCUT2D eigenvalue weighted by molar-refractivity contribution is 0.0525. The molecule has 2 aromatic heterocycles. The maximum atomic E-state index is 12.5. The second-order valence-corrected chi connectivity index (χ2v) is 12.8. The monoisotopic (exact) mass is 433 g/mol. The summed E-state index contributed by atoms with van der Waals surface area (Å²) in [4.78, 5) is 17.1. The number of hydrogen-bond acceptors (Lipinski definition) is 6. The molecule has 0 atom stereocenters. The summed E-state index contributed by atoms with van der Waals surface area (Å²) in [5, 5.41) is 7.23. The lowest BCUT2D eigenvalue weighted by Gasteiger charge is -2.24. The molecule has 2 heterocycles. The zero-order chi connectivity index (χ0) is 20.9. The van der Waals surface area contributed by atoms with Gasteiger partial charge < -0.3 is 9.47 Å². The number of aromatic nitrogens is 3. The van der Waals surface area contributed by atoms with Gasteiger partial charge in [-0.2, -0.15) is 5.10 Å². The van der Waals surface area contributed by atoms with Gasteiger partial charge in [-0.15, -0.1) is 11.3 Å². The SMILES string of the molecule is CCOC(=O)c1cn(COCCS(C)(C)C)nc1-c1nc(-c2ccccc2)cs1. The van der Waals surface area contributed by atoms with Gasteiger partial charge in [-0.25, -0.2) is 24.5 Å². The van der Waals surface area contributed by atoms with Gasteiger partial charge in [0.25, 0.3) is 0 Å². The second kappa shape index (κ2) is 9.56. The fourth-order valence-corrected chi connectivity index (χ4v) is 4.04. The van der Waals surface area contributed by atoms with Gasteiger partial charge >= 0.3 is 5.97 Å². The molecule has 156 valence electrons. The van der Waals surface area contributed by atoms with E-state index in [0.717, 1.165) is 17.0 Å². The summed E-state index contributed by atoms with van der Waals surface area (Å²) in [7, 11) is -0.606. The molecule has 0 fully saturated rings. The summed E-state index contributed by atoms with van der Waals surface area (Å²) in [5.41, 5.74) is 2.83. The Morgan fingerprint density at radius 2 is 1.97 bits per heavy atom. The Kier molecular flexibility index (Phi) is 7.10. The average molecular weight is 434 g/mol. The minimum Gasteiger partial charge on any atom is -0.462 e. The highest BCUT2D eigenvalue weighted by Gasteiger charge is 2.22. The Morgan fingerprint density at radius 3 is 2.66 bits per heavy atom. The third kappa shape index (κ3) is 5.91. The fraction of sp³-hybridized carbons (Fsp3) is 0.381. The Bertz CT molecular complexity index is 946. The minimum absolute atomic E-state index is 0.291. The molecule has 0 aliphatic carbocycles. The number of thiazole rings is 1. The number of esters is 1. The van der Waals surface area contributed by atoms with Crippen LogP contribution in [0, 0.1) is 0 Å². The normalized spacial score (nSPS) is 12.1. The van der Waals surface area contributed by atoms with Gasteiger partial charge in [-0.3, -0.25) is 0 Å². The molecular formula is C21H27N3O3S2. The van der Waals surface area contributed by atoms with Gasteiger partial charge in [0.15, 0.2) is 0 Å². The number of benzene rings is 1. The van der Waals surface area contributed by atoms with Gasteiger partial charge in [0, 0.05) is 22.9 Å². The summed E-state index contributed by atoms with van der Waals surface area (Å²) in [5.74, 6) is 0.628. The molecule has 3 rings (SSSR count). The molecule has 1 aromatic carbocycles. The first-order valence-corrected chi connectivity index (χ1v) is 13.3. The van der Waals surface area contributed by atoms with E-state index >= 15 is 0 Å². The molecule has 6 nitrogen and oxygen atoms in total. The predicted octanol–water partition coefficient (Wildman–Crippen LogP) is 4.52. The topological polar surface area (TPSA) is 66.2 Å². The molecule has 0 saturated heterocycles. The minimum atomic E-state index is -0.606. The quantitative estimate of drug-likeness (QED) is 0.367. The van der Waals surface area contributed by atoms with Crippen LogP contribution in [0.2, 0.25) is 0 Å². The molecule has 8 heteroatoms. The maximum absolute atomic E-state index is 12.5. The molecule has 0 N–H and O–H groups in total. The van der Waals surface area contributed by atoms with Crippen molar-refractivity contribution in [1.82, 2.24) is 14.8 Å². The fourth-order valence-electron chi connectivity index (χ4n) is 2.59. The summed E-state index contributed by atoms with van der Waals surface area (Å²) >= 11 is 1.46. The molecule has 0 unspecified atom stereocenters. The van der Waals surface area contributed by atoms with Crippen LogP contribution in [0.25, 0.3) is 22.0 Å². The molecule has 0 aliphatic heterocycles. The average Bonchev–Trinajstić information content (AvgIpc) is 3.32. The van der Waals surface area contributed by atoms with Gasteiger partial charge in [0.2, 0.25) is 0 Å². The molecule has 29 heavy (non-hydrogen) atoms. The van der Waals surface area contributed by atoms with Crippen molar-refractivity contribution in [1.29, 1.82) is 0 Å². The van der Waals surface area contributed by atoms with Crippen LogP contribution in [-0.4, -0.2) is 58.5 Å². The van der Waals surface area contributed by atoms with E-state index in [2.05, 4.69) is 23.9 Å². The molecule has 0 saturated carbocycles. The number of nitrogens with zero attached hydrogens (tertiary/aromatic N) is 3. The van der Waals surface area contributed by atoms with Crippen LogP contribution < -0.4 is 0 Å². The van der Waals surface area contributed by atoms with E-state index < -0.39 is 16.0 Å². The zero-order valence-electron chi connectivity index (χ0n) is 17.3. The van der Waals surface area contributed by atoms with Crippen LogP contribution in [0.4, 0.5) is 0 Å². The van der Waals surface area contributed by atoms with Crippen molar-refractivity contribution in [3.8, 4) is 22.0 Å². The number of carbonyl (C=O) groups excluding carboxylic acids is 1. The van der Waals surface area contributed by atoms with Crippen molar-refractivity contribution in [3.63, 3.8) is 0 Å². The third-order valence-electron chi connectivity index (χ3n) is 4.10. The van der Waals surface area contributed by atoms with Crippen LogP contribution in [0.1, 0.15) is 17.3 Å². The van der Waals surface area contributed by atoms with Crippen LogP contribution >= 0.6 is 21.4 Å². The molecule has 3 aromatic rings. The number of ether oxygens (including phenoxy) is 2. The molecule has 0 amide bonds. The van der Waals surface area contributed by atoms with E-state index in [9.17, 15) is 4.79 Å². The lowest BCUT2D eigenvalue weighted by atomic mass is 10.2. The van der Waals surface area contributed by atoms with Gasteiger partial charge in [0.1, 0.15) is 23.0 Å². The van der Waals surface area contributed by atoms with Crippen molar-refractivity contribution in [2.45, 2.75) is 13.7 Å². The number of hydrogen-bond donors (Lipinski definition) is 0. The first kappa shape index (κ1) is 21.5. The van der Waals surface area contributed by atoms with Crippen molar-refractivity contribution < 1.29 is 14.3 Å². The van der Waals surface area contributed by atoms with Crippen LogP contribution in [-0.2, 0) is 16.2 Å². The van der Waals surface area contributed by atoms with Crippen molar-refractivity contribution in [3.05, 3.63) is 47.5 Å². The second-order valence-electron chi connectivity index (χ2n) is 7.39. The molecule has 0 bridgehead atoms. The maximum Gasteiger partial charge on any atom is 0.342 e. The summed E-state index contributed by atoms with van der Waals surface area (Å²) in [6.07, 6.45) is 8.46. The number of carbonyl (C=O) groups is 1. The molecule has 0 spiro atoms. The number of rotatable bonds is 9. The molecule has 0 aliphatic rings. The van der Waals surface area contributed by atoms with Gasteiger partial charge in [0.05, 0.1) is 18.9 Å². The van der Waals surface area contributed by atoms with Crippen LogP contribution in [0.3, 0.4) is 0 Å². The Hall–Kier alpha value is -2.16. The third-order valence-corrected chi connectivity index (χ3v) is 6.34. The summed E-state index contributed by atoms with van der Waals surface area (Å²) in [6.45, 7) is 3.05. The first-order valence-electron chi connectivity index (χ1n) is 9.37. The van der Waals surface area contributed by atoms with E-state index in [1.165, 1.54) is 11.3 Å². The van der Waals surface area contributed by atoms with Crippen molar-refractivity contribution >= 4 is 27.3 Å². The van der Waals surface area contributed by atoms with Gasteiger partial charge in [-0.05, 0) is 25.7 Å². The zero-order valence-corrected chi connectivity index (χ0v) is 18.9. The predicted molar refractivity (Wildman–Crippen MR) is 121 cm³/mol. The Morgan fingerprint density at radius 1 is 1.21 bits per heavy atom. The van der Waals surface area contributed by atoms with Crippen molar-refractivity contribution in [2.75, 3.05) is 37.7 Å². The lowest BCUT2D eigenvalue weighted by Crippen LogP contribution is -2.10. The largest absolute Gasteiger partial charge is 0.462 e. The van der Waals surface area contributed by atoms with Crippen LogP contribution in [0.15, 0.2) is 41.9 Å². The highest BCUT2D eigenvalue weighted by atomic mass is 32.3. The van der Waals surface area contributed by atoms with E-state index in [0.29, 0.717) is 36.2 Å². The van der Waals surface area contributed by atoms with Gasteiger partial charge in [-0.1, -0.05) is 30.3 Å². The Balaban J connectivity index is 1.82. The van der Waals surface area contributed by atoms with Crippen LogP contribution in [0.5, 0.6) is 0 Å². The highest BCUT2D eigenvalue weighted by Crippen LogP contribution is 2.33. The van der Waals surface area contributed by atoms with E-state index in [1.807, 2.05) is 35.7 Å². The van der Waals surface area contributed by atoms with E-state index in [-0.39, 0.29) is 0 Å². The standard InChI is InChI=1S/C21H27N3O3S2/c1-5-27-21(25)17-13-24(15-26-11-12-29(2,3)4)23-19(17)20-22-18(14-28-20)16-9-7-6-8-10-16/h6-10,13-14H,5,11-12,15H2,1-4H3. The molecular weight excluding hydrogens is 406 g/mol. The summed E-state index contributed by atoms with van der Waals surface area (Å²) in [6, 6.07) is 9.94. The smallest absolute Gasteiger partial charge is 0.342 e.